The molecule has 0 saturated carbocycles. The first kappa shape index (κ1) is 11.1. The summed E-state index contributed by atoms with van der Waals surface area (Å²) >= 11 is 0. The highest BCUT2D eigenvalue weighted by Gasteiger charge is 2.24. The molecule has 1 heterocycles. The van der Waals surface area contributed by atoms with E-state index < -0.39 is 0 Å². The van der Waals surface area contributed by atoms with Gasteiger partial charge >= 0.3 is 0 Å². The van der Waals surface area contributed by atoms with Crippen LogP contribution in [0.5, 0.6) is 0 Å². The highest BCUT2D eigenvalue weighted by atomic mass is 15.4. The second kappa shape index (κ2) is 4.37. The minimum absolute atomic E-state index is 0.863. The van der Waals surface area contributed by atoms with Crippen LogP contribution in [0.3, 0.4) is 0 Å². The topological polar surface area (TPSA) is 6.48 Å². The van der Waals surface area contributed by atoms with Gasteiger partial charge in [-0.1, -0.05) is 42.0 Å². The van der Waals surface area contributed by atoms with Gasteiger partial charge in [0.25, 0.3) is 0 Å². The SMILES string of the molecule is Cc1ccc(CN2[C]N(C)c3ccccc32)cc1. The van der Waals surface area contributed by atoms with Crippen molar-refractivity contribution >= 4 is 11.4 Å². The van der Waals surface area contributed by atoms with Crippen molar-refractivity contribution in [3.8, 4) is 0 Å². The van der Waals surface area contributed by atoms with Gasteiger partial charge in [0.05, 0.1) is 11.4 Å². The maximum absolute atomic E-state index is 3.35. The lowest BCUT2D eigenvalue weighted by molar-refractivity contribution is 0.904. The lowest BCUT2D eigenvalue weighted by atomic mass is 10.1. The predicted molar refractivity (Wildman–Crippen MR) is 75.5 cm³/mol. The Balaban J connectivity index is 1.85. The molecule has 1 aliphatic rings. The molecule has 0 atom stereocenters. The molecule has 0 unspecified atom stereocenters. The average Bonchev–Trinajstić information content (AvgIpc) is 2.70. The molecule has 0 spiro atoms. The van der Waals surface area contributed by atoms with Gasteiger partial charge in [0.2, 0.25) is 6.67 Å². The van der Waals surface area contributed by atoms with Crippen LogP contribution in [0.4, 0.5) is 11.4 Å². The molecule has 0 fully saturated rings. The van der Waals surface area contributed by atoms with Crippen molar-refractivity contribution in [2.24, 2.45) is 0 Å². The molecule has 2 radical (unpaired) electrons. The van der Waals surface area contributed by atoms with E-state index in [4.69, 9.17) is 0 Å². The molecule has 3 rings (SSSR count). The number of rotatable bonds is 2. The van der Waals surface area contributed by atoms with Gasteiger partial charge in [-0.2, -0.15) is 0 Å². The number of hydrogen-bond acceptors (Lipinski definition) is 2. The van der Waals surface area contributed by atoms with Crippen LogP contribution in [0.25, 0.3) is 0 Å². The zero-order chi connectivity index (χ0) is 12.5. The third-order valence-corrected chi connectivity index (χ3v) is 3.27. The summed E-state index contributed by atoms with van der Waals surface area (Å²) in [5.74, 6) is 0. The first-order chi connectivity index (χ1) is 8.74. The van der Waals surface area contributed by atoms with Crippen molar-refractivity contribution in [3.05, 3.63) is 66.3 Å². The van der Waals surface area contributed by atoms with Crippen LogP contribution >= 0.6 is 0 Å². The van der Waals surface area contributed by atoms with Crippen LogP contribution in [0.1, 0.15) is 11.1 Å². The highest BCUT2D eigenvalue weighted by Crippen LogP contribution is 2.37. The van der Waals surface area contributed by atoms with Crippen molar-refractivity contribution in [2.75, 3.05) is 16.8 Å². The first-order valence-electron chi connectivity index (χ1n) is 6.16. The summed E-state index contributed by atoms with van der Waals surface area (Å²) in [6, 6.07) is 17.1. The van der Waals surface area contributed by atoms with Gasteiger partial charge in [0.15, 0.2) is 0 Å². The molecule has 0 bridgehead atoms. The third kappa shape index (κ3) is 1.94. The van der Waals surface area contributed by atoms with E-state index in [1.807, 2.05) is 11.9 Å². The van der Waals surface area contributed by atoms with E-state index >= 15 is 0 Å². The Labute approximate surface area is 108 Å². The van der Waals surface area contributed by atoms with Crippen molar-refractivity contribution in [3.63, 3.8) is 0 Å². The maximum Gasteiger partial charge on any atom is 0.208 e. The first-order valence-corrected chi connectivity index (χ1v) is 6.16. The lowest BCUT2D eigenvalue weighted by Crippen LogP contribution is -2.21. The number of aryl methyl sites for hydroxylation is 1. The van der Waals surface area contributed by atoms with Crippen LogP contribution in [0, 0.1) is 13.6 Å². The molecular formula is C16H16N2. The van der Waals surface area contributed by atoms with E-state index in [-0.39, 0.29) is 0 Å². The zero-order valence-corrected chi connectivity index (χ0v) is 10.7. The van der Waals surface area contributed by atoms with Crippen molar-refractivity contribution in [1.82, 2.24) is 0 Å². The number of fused-ring (bicyclic) bond motifs is 1. The molecule has 0 amide bonds. The Morgan fingerprint density at radius 2 is 1.61 bits per heavy atom. The monoisotopic (exact) mass is 236 g/mol. The van der Waals surface area contributed by atoms with Crippen molar-refractivity contribution in [1.29, 1.82) is 0 Å². The summed E-state index contributed by atoms with van der Waals surface area (Å²) in [5.41, 5.74) is 5.04. The van der Waals surface area contributed by atoms with Crippen LogP contribution in [0.2, 0.25) is 0 Å². The Bertz CT molecular complexity index is 545. The molecule has 0 aromatic heterocycles. The molecule has 90 valence electrons. The molecule has 0 N–H and O–H groups in total. The van der Waals surface area contributed by atoms with E-state index in [1.54, 1.807) is 0 Å². The van der Waals surface area contributed by atoms with E-state index in [1.165, 1.54) is 22.5 Å². The van der Waals surface area contributed by atoms with Gasteiger partial charge in [0, 0.05) is 13.6 Å². The summed E-state index contributed by atoms with van der Waals surface area (Å²) in [4.78, 5) is 4.21. The predicted octanol–water partition coefficient (Wildman–Crippen LogP) is 3.45. The fourth-order valence-corrected chi connectivity index (χ4v) is 2.26. The lowest BCUT2D eigenvalue weighted by Gasteiger charge is -2.17. The van der Waals surface area contributed by atoms with Gasteiger partial charge in [-0.05, 0) is 24.6 Å². The molecule has 0 saturated heterocycles. The summed E-state index contributed by atoms with van der Waals surface area (Å²) in [6.45, 7) is 6.32. The number of para-hydroxylation sites is 2. The molecule has 2 nitrogen and oxygen atoms in total. The smallest absolute Gasteiger partial charge is 0.208 e. The van der Waals surface area contributed by atoms with Crippen LogP contribution < -0.4 is 9.80 Å². The number of hydrogen-bond donors (Lipinski definition) is 0. The summed E-state index contributed by atoms with van der Waals surface area (Å²) < 4.78 is 0. The molecule has 2 heteroatoms. The number of nitrogens with zero attached hydrogens (tertiary/aromatic N) is 2. The number of benzene rings is 2. The maximum atomic E-state index is 3.35. The average molecular weight is 236 g/mol. The number of anilines is 2. The van der Waals surface area contributed by atoms with E-state index in [0.717, 1.165) is 6.54 Å². The van der Waals surface area contributed by atoms with Gasteiger partial charge < -0.3 is 9.80 Å². The summed E-state index contributed by atoms with van der Waals surface area (Å²) in [5, 5.41) is 0. The normalized spacial score (nSPS) is 13.9. The minimum atomic E-state index is 0.863. The Morgan fingerprint density at radius 1 is 0.944 bits per heavy atom. The standard InChI is InChI=1S/C16H16N2/c1-13-7-9-14(10-8-13)11-18-12-17(2)15-5-3-4-6-16(15)18/h3-10H,11H2,1-2H3. The molecular weight excluding hydrogens is 220 g/mol. The van der Waals surface area contributed by atoms with Crippen LogP contribution in [-0.4, -0.2) is 7.05 Å². The van der Waals surface area contributed by atoms with Crippen molar-refractivity contribution in [2.45, 2.75) is 13.5 Å². The summed E-state index contributed by atoms with van der Waals surface area (Å²) in [6.07, 6.45) is 0. The van der Waals surface area contributed by atoms with E-state index in [2.05, 4.69) is 67.0 Å². The third-order valence-electron chi connectivity index (χ3n) is 3.27. The van der Waals surface area contributed by atoms with Gasteiger partial charge in [-0.15, -0.1) is 0 Å². The Hall–Kier alpha value is -1.96. The Morgan fingerprint density at radius 3 is 2.33 bits per heavy atom. The second-order valence-electron chi connectivity index (χ2n) is 4.72. The van der Waals surface area contributed by atoms with Crippen LogP contribution in [-0.2, 0) is 6.54 Å². The van der Waals surface area contributed by atoms with Crippen LogP contribution in [0.15, 0.2) is 48.5 Å². The molecule has 1 aliphatic heterocycles. The zero-order valence-electron chi connectivity index (χ0n) is 10.7. The quantitative estimate of drug-likeness (QED) is 0.788. The second-order valence-corrected chi connectivity index (χ2v) is 4.72. The Kier molecular flexibility index (Phi) is 2.71. The van der Waals surface area contributed by atoms with Gasteiger partial charge in [0.1, 0.15) is 0 Å². The fourth-order valence-electron chi connectivity index (χ4n) is 2.26. The highest BCUT2D eigenvalue weighted by molar-refractivity contribution is 5.78. The summed E-state index contributed by atoms with van der Waals surface area (Å²) in [7, 11) is 2.04. The largest absolute Gasteiger partial charge is 0.343 e. The fraction of sp³-hybridized carbons (Fsp3) is 0.188. The van der Waals surface area contributed by atoms with E-state index in [9.17, 15) is 0 Å². The van der Waals surface area contributed by atoms with E-state index in [0.29, 0.717) is 0 Å². The molecule has 2 aromatic rings. The van der Waals surface area contributed by atoms with Gasteiger partial charge in [-0.3, -0.25) is 0 Å². The molecule has 0 aliphatic carbocycles. The molecule has 2 aromatic carbocycles. The minimum Gasteiger partial charge on any atom is -0.343 e. The van der Waals surface area contributed by atoms with Gasteiger partial charge in [-0.25, -0.2) is 0 Å². The molecule has 18 heavy (non-hydrogen) atoms. The van der Waals surface area contributed by atoms with Crippen molar-refractivity contribution < 1.29 is 0 Å².